The van der Waals surface area contributed by atoms with Gasteiger partial charge in [-0.3, -0.25) is 14.5 Å². The predicted octanol–water partition coefficient (Wildman–Crippen LogP) is 4.22. The van der Waals surface area contributed by atoms with Crippen molar-refractivity contribution in [1.82, 2.24) is 9.47 Å². The first kappa shape index (κ1) is 22.1. The molecule has 1 atom stereocenters. The number of likely N-dealkylation sites (tertiary alicyclic amines) is 1. The van der Waals surface area contributed by atoms with Gasteiger partial charge in [0.05, 0.1) is 12.7 Å². The molecule has 6 heteroatoms. The number of nitrogens with zero attached hydrogens (tertiary/aromatic N) is 2. The molecule has 0 aliphatic carbocycles. The second kappa shape index (κ2) is 9.57. The number of ether oxygens (including phenoxy) is 2. The van der Waals surface area contributed by atoms with Crippen molar-refractivity contribution in [3.63, 3.8) is 0 Å². The summed E-state index contributed by atoms with van der Waals surface area (Å²) in [5, 5.41) is 0.974. The summed E-state index contributed by atoms with van der Waals surface area (Å²) in [7, 11) is 1.62. The van der Waals surface area contributed by atoms with Crippen LogP contribution in [0.5, 0.6) is 5.75 Å². The fourth-order valence-electron chi connectivity index (χ4n) is 4.68. The monoisotopic (exact) mass is 434 g/mol. The minimum absolute atomic E-state index is 0.0213. The van der Waals surface area contributed by atoms with Crippen LogP contribution in [0.1, 0.15) is 41.4 Å². The molecule has 0 spiro atoms. The zero-order chi connectivity index (χ0) is 22.7. The second-order valence-electron chi connectivity index (χ2n) is 8.36. The first-order valence-electron chi connectivity index (χ1n) is 11.1. The molecule has 1 aromatic heterocycles. The van der Waals surface area contributed by atoms with E-state index in [1.165, 1.54) is 6.92 Å². The lowest BCUT2D eigenvalue weighted by molar-refractivity contribution is -0.148. The van der Waals surface area contributed by atoms with E-state index < -0.39 is 0 Å². The summed E-state index contributed by atoms with van der Waals surface area (Å²) in [5.41, 5.74) is 3.44. The molecule has 1 unspecified atom stereocenters. The van der Waals surface area contributed by atoms with E-state index in [-0.39, 0.29) is 17.9 Å². The van der Waals surface area contributed by atoms with Crippen LogP contribution < -0.4 is 4.74 Å². The van der Waals surface area contributed by atoms with Crippen LogP contribution in [0.2, 0.25) is 0 Å². The van der Waals surface area contributed by atoms with Gasteiger partial charge in [-0.2, -0.15) is 0 Å². The Morgan fingerprint density at radius 2 is 1.81 bits per heavy atom. The average Bonchev–Trinajstić information content (AvgIpc) is 3.08. The van der Waals surface area contributed by atoms with Gasteiger partial charge in [0, 0.05) is 48.7 Å². The van der Waals surface area contributed by atoms with Crippen molar-refractivity contribution in [2.24, 2.45) is 0 Å². The number of methoxy groups -OCH3 is 1. The van der Waals surface area contributed by atoms with E-state index in [0.29, 0.717) is 5.56 Å². The van der Waals surface area contributed by atoms with Crippen LogP contribution in [0.15, 0.2) is 48.5 Å². The fraction of sp³-hybridized carbons (Fsp3) is 0.385. The van der Waals surface area contributed by atoms with E-state index in [2.05, 4.69) is 15.5 Å². The zero-order valence-corrected chi connectivity index (χ0v) is 19.0. The minimum atomic E-state index is -0.217. The van der Waals surface area contributed by atoms with Gasteiger partial charge < -0.3 is 14.0 Å². The molecule has 6 nitrogen and oxygen atoms in total. The lowest BCUT2D eigenvalue weighted by Gasteiger charge is -2.32. The number of rotatable bonds is 7. The van der Waals surface area contributed by atoms with Crippen LogP contribution in [0, 0.1) is 6.92 Å². The molecule has 0 N–H and O–H groups in total. The first-order valence-corrected chi connectivity index (χ1v) is 11.1. The van der Waals surface area contributed by atoms with E-state index in [9.17, 15) is 9.59 Å². The fourth-order valence-corrected chi connectivity index (χ4v) is 4.68. The van der Waals surface area contributed by atoms with Crippen molar-refractivity contribution in [2.75, 3.05) is 26.7 Å². The van der Waals surface area contributed by atoms with E-state index >= 15 is 0 Å². The third kappa shape index (κ3) is 4.55. The second-order valence-corrected chi connectivity index (χ2v) is 8.36. The van der Waals surface area contributed by atoms with Gasteiger partial charge in [0.15, 0.2) is 5.78 Å². The number of para-hydroxylation sites is 1. The standard InChI is InChI=1S/C26H30N2O4/c1-18-25(26(30)20-10-12-21(31-3)13-11-20)23-8-4-5-9-24(23)28(18)16-15-27-14-6-7-22(17-27)32-19(2)29/h4-5,8-13,22H,6-7,14-17H2,1-3H3. The van der Waals surface area contributed by atoms with Gasteiger partial charge in [0.2, 0.25) is 0 Å². The summed E-state index contributed by atoms with van der Waals surface area (Å²) in [5.74, 6) is 0.535. The van der Waals surface area contributed by atoms with Crippen LogP contribution in [0.4, 0.5) is 0 Å². The zero-order valence-electron chi connectivity index (χ0n) is 19.0. The smallest absolute Gasteiger partial charge is 0.302 e. The summed E-state index contributed by atoms with van der Waals surface area (Å²) in [6.45, 7) is 6.86. The van der Waals surface area contributed by atoms with Gasteiger partial charge in [-0.15, -0.1) is 0 Å². The molecule has 168 valence electrons. The third-order valence-electron chi connectivity index (χ3n) is 6.24. The van der Waals surface area contributed by atoms with Crippen LogP contribution in [-0.2, 0) is 16.1 Å². The van der Waals surface area contributed by atoms with Crippen molar-refractivity contribution in [2.45, 2.75) is 39.3 Å². The minimum Gasteiger partial charge on any atom is -0.497 e. The predicted molar refractivity (Wildman–Crippen MR) is 124 cm³/mol. The van der Waals surface area contributed by atoms with Crippen LogP contribution in [0.25, 0.3) is 10.9 Å². The molecule has 32 heavy (non-hydrogen) atoms. The number of hydrogen-bond donors (Lipinski definition) is 0. The molecule has 1 aliphatic rings. The Morgan fingerprint density at radius 1 is 1.06 bits per heavy atom. The van der Waals surface area contributed by atoms with E-state index in [0.717, 1.165) is 66.9 Å². The van der Waals surface area contributed by atoms with Gasteiger partial charge in [-0.05, 0) is 56.6 Å². The number of ketones is 1. The normalized spacial score (nSPS) is 16.8. The maximum atomic E-state index is 13.4. The van der Waals surface area contributed by atoms with Crippen molar-refractivity contribution in [1.29, 1.82) is 0 Å². The Balaban J connectivity index is 1.58. The van der Waals surface area contributed by atoms with Crippen molar-refractivity contribution >= 4 is 22.7 Å². The average molecular weight is 435 g/mol. The Hall–Kier alpha value is -3.12. The summed E-state index contributed by atoms with van der Waals surface area (Å²) >= 11 is 0. The topological polar surface area (TPSA) is 60.8 Å². The Labute approximate surface area is 188 Å². The molecule has 4 rings (SSSR count). The van der Waals surface area contributed by atoms with Crippen molar-refractivity contribution < 1.29 is 19.1 Å². The van der Waals surface area contributed by atoms with Crippen LogP contribution in [-0.4, -0.2) is 54.1 Å². The number of carbonyl (C=O) groups excluding carboxylic acids is 2. The summed E-state index contributed by atoms with van der Waals surface area (Å²) < 4.78 is 12.9. The van der Waals surface area contributed by atoms with Gasteiger partial charge >= 0.3 is 5.97 Å². The number of piperidine rings is 1. The highest BCUT2D eigenvalue weighted by atomic mass is 16.5. The highest BCUT2D eigenvalue weighted by molar-refractivity contribution is 6.17. The molecule has 1 aliphatic heterocycles. The van der Waals surface area contributed by atoms with Gasteiger partial charge in [0.1, 0.15) is 11.9 Å². The quantitative estimate of drug-likeness (QED) is 0.412. The molecular weight excluding hydrogens is 404 g/mol. The van der Waals surface area contributed by atoms with Gasteiger partial charge in [-0.25, -0.2) is 0 Å². The summed E-state index contributed by atoms with van der Waals surface area (Å²) in [4.78, 5) is 27.1. The van der Waals surface area contributed by atoms with Crippen LogP contribution >= 0.6 is 0 Å². The summed E-state index contributed by atoms with van der Waals surface area (Å²) in [6.07, 6.45) is 1.91. The van der Waals surface area contributed by atoms with Gasteiger partial charge in [0.25, 0.3) is 0 Å². The lowest BCUT2D eigenvalue weighted by Crippen LogP contribution is -2.41. The maximum Gasteiger partial charge on any atom is 0.302 e. The highest BCUT2D eigenvalue weighted by Crippen LogP contribution is 2.29. The highest BCUT2D eigenvalue weighted by Gasteiger charge is 2.24. The molecule has 2 heterocycles. The molecular formula is C26H30N2O4. The van der Waals surface area contributed by atoms with Crippen molar-refractivity contribution in [3.8, 4) is 5.75 Å². The van der Waals surface area contributed by atoms with Crippen molar-refractivity contribution in [3.05, 3.63) is 65.4 Å². The largest absolute Gasteiger partial charge is 0.497 e. The number of carbonyl (C=O) groups is 2. The molecule has 2 aromatic carbocycles. The molecule has 1 fully saturated rings. The van der Waals surface area contributed by atoms with E-state index in [4.69, 9.17) is 9.47 Å². The molecule has 0 amide bonds. The molecule has 1 saturated heterocycles. The Kier molecular flexibility index (Phi) is 6.61. The Morgan fingerprint density at radius 3 is 2.53 bits per heavy atom. The SMILES string of the molecule is COc1ccc(C(=O)c2c(C)n(CCN3CCCC(OC(C)=O)C3)c3ccccc23)cc1. The number of aromatic nitrogens is 1. The number of benzene rings is 2. The van der Waals surface area contributed by atoms with E-state index in [1.807, 2.05) is 49.4 Å². The molecule has 3 aromatic rings. The maximum absolute atomic E-state index is 13.4. The van der Waals surface area contributed by atoms with E-state index in [1.54, 1.807) is 7.11 Å². The number of fused-ring (bicyclic) bond motifs is 1. The summed E-state index contributed by atoms with van der Waals surface area (Å²) in [6, 6.07) is 15.3. The molecule has 0 bridgehead atoms. The number of esters is 1. The van der Waals surface area contributed by atoms with Gasteiger partial charge in [-0.1, -0.05) is 18.2 Å². The number of hydrogen-bond acceptors (Lipinski definition) is 5. The van der Waals surface area contributed by atoms with Crippen LogP contribution in [0.3, 0.4) is 0 Å². The lowest BCUT2D eigenvalue weighted by atomic mass is 10.0. The molecule has 0 saturated carbocycles. The third-order valence-corrected chi connectivity index (χ3v) is 6.24. The molecule has 0 radical (unpaired) electrons. The Bertz CT molecular complexity index is 1120. The first-order chi connectivity index (χ1) is 15.5.